The summed E-state index contributed by atoms with van der Waals surface area (Å²) in [5, 5.41) is -0.607. The zero-order chi connectivity index (χ0) is 14.2. The van der Waals surface area contributed by atoms with E-state index in [1.165, 1.54) is 13.8 Å². The third-order valence-electron chi connectivity index (χ3n) is 1.74. The number of halogens is 5. The van der Waals surface area contributed by atoms with Crippen LogP contribution in [0.1, 0.15) is 13.8 Å². The SMILES string of the molecule is CC(C)SS(=O)(=O)c1c(F)c(F)c(F)c(F)c1F. The molecule has 9 heteroatoms. The highest BCUT2D eigenvalue weighted by molar-refractivity contribution is 8.72. The minimum atomic E-state index is -4.66. The molecule has 0 heterocycles. The number of rotatable bonds is 3. The average molecular weight is 306 g/mol. The van der Waals surface area contributed by atoms with E-state index < -0.39 is 48.1 Å². The highest BCUT2D eigenvalue weighted by atomic mass is 33.1. The molecule has 1 aromatic rings. The standard InChI is InChI=1S/C9H7F5O2S2/c1-3(2)17-18(15,16)9-7(13)5(11)4(10)6(12)8(9)14/h3H,1-2H3. The van der Waals surface area contributed by atoms with Crippen molar-refractivity contribution in [2.45, 2.75) is 24.0 Å². The molecule has 1 aromatic carbocycles. The molecular formula is C9H7F5O2S2. The fourth-order valence-corrected chi connectivity index (χ4v) is 4.57. The Hall–Kier alpha value is -0.830. The topological polar surface area (TPSA) is 34.1 Å². The van der Waals surface area contributed by atoms with Crippen LogP contribution in [-0.4, -0.2) is 13.7 Å². The minimum Gasteiger partial charge on any atom is -0.212 e. The largest absolute Gasteiger partial charge is 0.236 e. The Labute approximate surface area is 104 Å². The van der Waals surface area contributed by atoms with Crippen molar-refractivity contribution in [3.63, 3.8) is 0 Å². The molecule has 1 rings (SSSR count). The molecule has 0 saturated carbocycles. The van der Waals surface area contributed by atoms with Crippen molar-refractivity contribution < 1.29 is 30.4 Å². The normalized spacial score (nSPS) is 12.2. The van der Waals surface area contributed by atoms with Crippen LogP contribution in [0.3, 0.4) is 0 Å². The Morgan fingerprint density at radius 2 is 1.17 bits per heavy atom. The van der Waals surface area contributed by atoms with E-state index in [-0.39, 0.29) is 10.8 Å². The number of hydrogen-bond donors (Lipinski definition) is 0. The van der Waals surface area contributed by atoms with Crippen LogP contribution in [0.25, 0.3) is 0 Å². The quantitative estimate of drug-likeness (QED) is 0.372. The Morgan fingerprint density at radius 1 is 0.833 bits per heavy atom. The number of hydrogen-bond acceptors (Lipinski definition) is 3. The van der Waals surface area contributed by atoms with Crippen LogP contribution >= 0.6 is 10.8 Å². The summed E-state index contributed by atoms with van der Waals surface area (Å²) in [6.07, 6.45) is 0. The Bertz CT molecular complexity index is 554. The monoisotopic (exact) mass is 306 g/mol. The maximum Gasteiger partial charge on any atom is 0.236 e. The lowest BCUT2D eigenvalue weighted by Crippen LogP contribution is -2.12. The minimum absolute atomic E-state index is 0.0979. The van der Waals surface area contributed by atoms with E-state index in [9.17, 15) is 30.4 Å². The lowest BCUT2D eigenvalue weighted by Gasteiger charge is -2.10. The Kier molecular flexibility index (Phi) is 4.26. The van der Waals surface area contributed by atoms with Gasteiger partial charge in [0.2, 0.25) is 14.7 Å². The van der Waals surface area contributed by atoms with Gasteiger partial charge in [0.25, 0.3) is 0 Å². The highest BCUT2D eigenvalue weighted by Gasteiger charge is 2.34. The molecule has 0 fully saturated rings. The molecule has 0 aromatic heterocycles. The summed E-state index contributed by atoms with van der Waals surface area (Å²) in [6.45, 7) is 2.79. The predicted molar refractivity (Wildman–Crippen MR) is 56.1 cm³/mol. The maximum atomic E-state index is 13.2. The third kappa shape index (κ3) is 2.61. The summed E-state index contributed by atoms with van der Waals surface area (Å²) in [4.78, 5) is -1.81. The molecule has 0 saturated heterocycles. The second kappa shape index (κ2) is 5.04. The van der Waals surface area contributed by atoms with Crippen LogP contribution in [0, 0.1) is 29.1 Å². The molecule has 0 aliphatic carbocycles. The number of benzene rings is 1. The van der Waals surface area contributed by atoms with Gasteiger partial charge in [0.1, 0.15) is 0 Å². The van der Waals surface area contributed by atoms with Crippen LogP contribution < -0.4 is 0 Å². The predicted octanol–water partition coefficient (Wildman–Crippen LogP) is 3.21. The van der Waals surface area contributed by atoms with E-state index in [1.54, 1.807) is 0 Å². The second-order valence-electron chi connectivity index (χ2n) is 3.50. The first-order valence-electron chi connectivity index (χ1n) is 4.54. The molecule has 18 heavy (non-hydrogen) atoms. The molecule has 2 nitrogen and oxygen atoms in total. The van der Waals surface area contributed by atoms with Crippen LogP contribution in [0.2, 0.25) is 0 Å². The second-order valence-corrected chi connectivity index (χ2v) is 7.84. The lowest BCUT2D eigenvalue weighted by atomic mass is 10.3. The third-order valence-corrected chi connectivity index (χ3v) is 5.65. The van der Waals surface area contributed by atoms with Crippen LogP contribution in [0.4, 0.5) is 22.0 Å². The summed E-state index contributed by atoms with van der Waals surface area (Å²) >= 11 is 0. The van der Waals surface area contributed by atoms with Gasteiger partial charge in [0, 0.05) is 5.25 Å². The lowest BCUT2D eigenvalue weighted by molar-refractivity contribution is 0.358. The van der Waals surface area contributed by atoms with Crippen LogP contribution in [-0.2, 0) is 8.87 Å². The first-order chi connectivity index (χ1) is 8.09. The average Bonchev–Trinajstić information content (AvgIpc) is 2.21. The van der Waals surface area contributed by atoms with Gasteiger partial charge < -0.3 is 0 Å². The molecule has 0 amide bonds. The maximum absolute atomic E-state index is 13.2. The van der Waals surface area contributed by atoms with E-state index in [2.05, 4.69) is 0 Å². The van der Waals surface area contributed by atoms with E-state index in [0.29, 0.717) is 0 Å². The van der Waals surface area contributed by atoms with E-state index in [0.717, 1.165) is 0 Å². The first kappa shape index (κ1) is 15.2. The molecule has 0 unspecified atom stereocenters. The molecule has 102 valence electrons. The van der Waals surface area contributed by atoms with Gasteiger partial charge in [0.15, 0.2) is 28.2 Å². The zero-order valence-electron chi connectivity index (χ0n) is 9.10. The van der Waals surface area contributed by atoms with Gasteiger partial charge in [-0.1, -0.05) is 13.8 Å². The molecular weight excluding hydrogens is 299 g/mol. The highest BCUT2D eigenvalue weighted by Crippen LogP contribution is 2.34. The molecule has 0 bridgehead atoms. The fraction of sp³-hybridized carbons (Fsp3) is 0.333. The zero-order valence-corrected chi connectivity index (χ0v) is 10.7. The van der Waals surface area contributed by atoms with E-state index in [4.69, 9.17) is 0 Å². The molecule has 0 aliphatic heterocycles. The Morgan fingerprint density at radius 3 is 1.50 bits per heavy atom. The van der Waals surface area contributed by atoms with Gasteiger partial charge in [-0.05, 0) is 10.8 Å². The first-order valence-corrected chi connectivity index (χ1v) is 7.42. The smallest absolute Gasteiger partial charge is 0.212 e. The molecule has 0 spiro atoms. The fourth-order valence-electron chi connectivity index (χ4n) is 1.11. The molecule has 0 aliphatic rings. The van der Waals surface area contributed by atoms with Crippen LogP contribution in [0.15, 0.2) is 4.90 Å². The molecule has 0 atom stereocenters. The van der Waals surface area contributed by atoms with E-state index in [1.807, 2.05) is 0 Å². The van der Waals surface area contributed by atoms with Gasteiger partial charge in [-0.25, -0.2) is 30.4 Å². The van der Waals surface area contributed by atoms with Crippen molar-refractivity contribution in [1.82, 2.24) is 0 Å². The van der Waals surface area contributed by atoms with Crippen molar-refractivity contribution in [2.24, 2.45) is 0 Å². The van der Waals surface area contributed by atoms with Gasteiger partial charge in [-0.15, -0.1) is 0 Å². The van der Waals surface area contributed by atoms with Crippen molar-refractivity contribution in [2.75, 3.05) is 0 Å². The van der Waals surface area contributed by atoms with E-state index >= 15 is 0 Å². The van der Waals surface area contributed by atoms with Crippen molar-refractivity contribution >= 4 is 19.7 Å². The summed E-state index contributed by atoms with van der Waals surface area (Å²) in [5.74, 6) is -11.6. The summed E-state index contributed by atoms with van der Waals surface area (Å²) < 4.78 is 87.9. The molecule has 0 radical (unpaired) electrons. The Balaban J connectivity index is 3.62. The van der Waals surface area contributed by atoms with Crippen molar-refractivity contribution in [3.8, 4) is 0 Å². The van der Waals surface area contributed by atoms with Gasteiger partial charge in [-0.2, -0.15) is 0 Å². The summed E-state index contributed by atoms with van der Waals surface area (Å²) in [6, 6.07) is 0. The summed E-state index contributed by atoms with van der Waals surface area (Å²) in [7, 11) is -4.56. The van der Waals surface area contributed by atoms with Gasteiger partial charge >= 0.3 is 0 Å². The van der Waals surface area contributed by atoms with Crippen molar-refractivity contribution in [1.29, 1.82) is 0 Å². The molecule has 0 N–H and O–H groups in total. The van der Waals surface area contributed by atoms with Gasteiger partial charge in [0.05, 0.1) is 0 Å². The summed E-state index contributed by atoms with van der Waals surface area (Å²) in [5.41, 5.74) is 0. The van der Waals surface area contributed by atoms with Crippen molar-refractivity contribution in [3.05, 3.63) is 29.1 Å². The van der Waals surface area contributed by atoms with Crippen LogP contribution in [0.5, 0.6) is 0 Å². The van der Waals surface area contributed by atoms with Gasteiger partial charge in [-0.3, -0.25) is 0 Å².